The summed E-state index contributed by atoms with van der Waals surface area (Å²) in [6.07, 6.45) is 0.972. The molecule has 1 aromatic carbocycles. The molecule has 1 aromatic rings. The second kappa shape index (κ2) is 9.78. The monoisotopic (exact) mass is 347 g/mol. The molecule has 0 radical (unpaired) electrons. The quantitative estimate of drug-likeness (QED) is 0.783. The Morgan fingerprint density at radius 1 is 1.16 bits per heavy atom. The Morgan fingerprint density at radius 3 is 2.36 bits per heavy atom. The van der Waals surface area contributed by atoms with Crippen LogP contribution < -0.4 is 10.1 Å². The van der Waals surface area contributed by atoms with Crippen molar-refractivity contribution in [3.8, 4) is 5.75 Å². The fourth-order valence-electron chi connectivity index (χ4n) is 3.10. The van der Waals surface area contributed by atoms with Crippen LogP contribution in [0.2, 0.25) is 0 Å². The Balaban J connectivity index is 1.66. The van der Waals surface area contributed by atoms with E-state index < -0.39 is 0 Å². The molecule has 1 aliphatic rings. The van der Waals surface area contributed by atoms with Crippen LogP contribution in [0.15, 0.2) is 18.2 Å². The van der Waals surface area contributed by atoms with Gasteiger partial charge in [-0.1, -0.05) is 25.1 Å². The number of hydrogen-bond acceptors (Lipinski definition) is 4. The second-order valence-corrected chi connectivity index (χ2v) is 7.06. The van der Waals surface area contributed by atoms with Crippen LogP contribution in [0.25, 0.3) is 0 Å². The third kappa shape index (κ3) is 6.33. The predicted molar refractivity (Wildman–Crippen MR) is 102 cm³/mol. The van der Waals surface area contributed by atoms with Crippen LogP contribution in [0.1, 0.15) is 31.4 Å². The van der Waals surface area contributed by atoms with E-state index in [-0.39, 0.29) is 11.9 Å². The van der Waals surface area contributed by atoms with Crippen molar-refractivity contribution in [3.05, 3.63) is 29.3 Å². The topological polar surface area (TPSA) is 44.8 Å². The molecule has 1 fully saturated rings. The molecule has 1 atom stereocenters. The highest BCUT2D eigenvalue weighted by atomic mass is 16.5. The van der Waals surface area contributed by atoms with E-state index in [2.05, 4.69) is 54.1 Å². The van der Waals surface area contributed by atoms with Crippen molar-refractivity contribution in [3.63, 3.8) is 0 Å². The highest BCUT2D eigenvalue weighted by Gasteiger charge is 2.19. The van der Waals surface area contributed by atoms with Crippen molar-refractivity contribution < 1.29 is 9.53 Å². The van der Waals surface area contributed by atoms with Crippen molar-refractivity contribution in [1.82, 2.24) is 15.1 Å². The SMILES string of the molecule is CCC(C)NC(=O)CN1CCN(CCOc2c(C)cccc2C)CC1. The molecule has 2 rings (SSSR count). The number of piperazine rings is 1. The lowest BCUT2D eigenvalue weighted by Gasteiger charge is -2.34. The number of aryl methyl sites for hydroxylation is 2. The van der Waals surface area contributed by atoms with Gasteiger partial charge < -0.3 is 10.1 Å². The third-order valence-electron chi connectivity index (χ3n) is 4.91. The van der Waals surface area contributed by atoms with Gasteiger partial charge in [0.25, 0.3) is 0 Å². The maximum atomic E-state index is 12.0. The summed E-state index contributed by atoms with van der Waals surface area (Å²) in [7, 11) is 0. The number of rotatable bonds is 8. The van der Waals surface area contributed by atoms with E-state index in [0.717, 1.165) is 44.9 Å². The van der Waals surface area contributed by atoms with Crippen molar-refractivity contribution in [2.45, 2.75) is 40.2 Å². The number of benzene rings is 1. The van der Waals surface area contributed by atoms with Crippen LogP contribution in [0.4, 0.5) is 0 Å². The largest absolute Gasteiger partial charge is 0.492 e. The Labute approximate surface area is 152 Å². The molecular weight excluding hydrogens is 314 g/mol. The molecule has 25 heavy (non-hydrogen) atoms. The number of carbonyl (C=O) groups excluding carboxylic acids is 1. The molecule has 1 saturated heterocycles. The van der Waals surface area contributed by atoms with Gasteiger partial charge in [-0.05, 0) is 38.3 Å². The molecule has 1 unspecified atom stereocenters. The minimum Gasteiger partial charge on any atom is -0.492 e. The van der Waals surface area contributed by atoms with Gasteiger partial charge in [0.15, 0.2) is 0 Å². The van der Waals surface area contributed by atoms with Crippen molar-refractivity contribution >= 4 is 5.91 Å². The highest BCUT2D eigenvalue weighted by molar-refractivity contribution is 5.78. The van der Waals surface area contributed by atoms with Crippen molar-refractivity contribution in [1.29, 1.82) is 0 Å². The maximum absolute atomic E-state index is 12.0. The van der Waals surface area contributed by atoms with Crippen LogP contribution in [-0.4, -0.2) is 67.6 Å². The number of carbonyl (C=O) groups is 1. The van der Waals surface area contributed by atoms with Gasteiger partial charge in [0.05, 0.1) is 6.54 Å². The molecule has 1 N–H and O–H groups in total. The lowest BCUT2D eigenvalue weighted by molar-refractivity contribution is -0.123. The van der Waals surface area contributed by atoms with Gasteiger partial charge in [0.1, 0.15) is 12.4 Å². The number of nitrogens with zero attached hydrogens (tertiary/aromatic N) is 2. The van der Waals surface area contributed by atoms with E-state index in [1.165, 1.54) is 11.1 Å². The molecule has 5 nitrogen and oxygen atoms in total. The van der Waals surface area contributed by atoms with Gasteiger partial charge >= 0.3 is 0 Å². The van der Waals surface area contributed by atoms with E-state index in [4.69, 9.17) is 4.74 Å². The van der Waals surface area contributed by atoms with E-state index in [0.29, 0.717) is 13.2 Å². The summed E-state index contributed by atoms with van der Waals surface area (Å²) in [6, 6.07) is 6.50. The molecule has 0 saturated carbocycles. The molecule has 0 bridgehead atoms. The number of amides is 1. The van der Waals surface area contributed by atoms with Gasteiger partial charge in [-0.3, -0.25) is 14.6 Å². The van der Waals surface area contributed by atoms with Gasteiger partial charge in [-0.15, -0.1) is 0 Å². The molecule has 1 aliphatic heterocycles. The molecular formula is C20H33N3O2. The summed E-state index contributed by atoms with van der Waals surface area (Å²) < 4.78 is 6.00. The number of hydrogen-bond donors (Lipinski definition) is 1. The molecule has 1 heterocycles. The zero-order valence-corrected chi connectivity index (χ0v) is 16.2. The summed E-state index contributed by atoms with van der Waals surface area (Å²) in [4.78, 5) is 16.6. The van der Waals surface area contributed by atoms with Crippen LogP contribution in [0.5, 0.6) is 5.75 Å². The predicted octanol–water partition coefficient (Wildman–Crippen LogP) is 2.21. The molecule has 0 aliphatic carbocycles. The van der Waals surface area contributed by atoms with Crippen molar-refractivity contribution in [2.75, 3.05) is 45.9 Å². The average molecular weight is 348 g/mol. The van der Waals surface area contributed by atoms with Crippen LogP contribution >= 0.6 is 0 Å². The number of ether oxygens (including phenoxy) is 1. The second-order valence-electron chi connectivity index (χ2n) is 7.06. The first kappa shape index (κ1) is 19.7. The Morgan fingerprint density at radius 2 is 1.76 bits per heavy atom. The van der Waals surface area contributed by atoms with E-state index >= 15 is 0 Å². The summed E-state index contributed by atoms with van der Waals surface area (Å²) in [6.45, 7) is 14.3. The molecule has 140 valence electrons. The first-order valence-corrected chi connectivity index (χ1v) is 9.42. The van der Waals surface area contributed by atoms with Crippen molar-refractivity contribution in [2.24, 2.45) is 0 Å². The highest BCUT2D eigenvalue weighted by Crippen LogP contribution is 2.22. The number of nitrogens with one attached hydrogen (secondary N) is 1. The van der Waals surface area contributed by atoms with Crippen LogP contribution in [0, 0.1) is 13.8 Å². The Bertz CT molecular complexity index is 534. The molecule has 1 amide bonds. The van der Waals surface area contributed by atoms with Gasteiger partial charge in [0, 0.05) is 38.8 Å². The Hall–Kier alpha value is -1.59. The van der Waals surface area contributed by atoms with E-state index in [1.54, 1.807) is 0 Å². The average Bonchev–Trinajstić information content (AvgIpc) is 2.58. The minimum atomic E-state index is 0.140. The zero-order chi connectivity index (χ0) is 18.2. The van der Waals surface area contributed by atoms with Crippen LogP contribution in [0.3, 0.4) is 0 Å². The smallest absolute Gasteiger partial charge is 0.234 e. The fraction of sp³-hybridized carbons (Fsp3) is 0.650. The van der Waals surface area contributed by atoms with Crippen LogP contribution in [-0.2, 0) is 4.79 Å². The first-order chi connectivity index (χ1) is 12.0. The van der Waals surface area contributed by atoms with E-state index in [1.807, 2.05) is 6.92 Å². The van der Waals surface area contributed by atoms with Gasteiger partial charge in [0.2, 0.25) is 5.91 Å². The zero-order valence-electron chi connectivity index (χ0n) is 16.2. The van der Waals surface area contributed by atoms with E-state index in [9.17, 15) is 4.79 Å². The molecule has 5 heteroatoms. The summed E-state index contributed by atoms with van der Waals surface area (Å²) in [5, 5.41) is 3.04. The third-order valence-corrected chi connectivity index (χ3v) is 4.91. The summed E-state index contributed by atoms with van der Waals surface area (Å²) in [5.74, 6) is 1.16. The summed E-state index contributed by atoms with van der Waals surface area (Å²) in [5.41, 5.74) is 2.38. The van der Waals surface area contributed by atoms with Gasteiger partial charge in [-0.2, -0.15) is 0 Å². The maximum Gasteiger partial charge on any atom is 0.234 e. The normalized spacial score (nSPS) is 17.3. The lowest BCUT2D eigenvalue weighted by atomic mass is 10.1. The standard InChI is InChI=1S/C20H33N3O2/c1-5-18(4)21-19(24)15-23-11-9-22(10-12-23)13-14-25-20-16(2)7-6-8-17(20)3/h6-8,18H,5,9-15H2,1-4H3,(H,21,24). The Kier molecular flexibility index (Phi) is 7.72. The summed E-state index contributed by atoms with van der Waals surface area (Å²) >= 11 is 0. The first-order valence-electron chi connectivity index (χ1n) is 9.42. The van der Waals surface area contributed by atoms with Gasteiger partial charge in [-0.25, -0.2) is 0 Å². The fourth-order valence-corrected chi connectivity index (χ4v) is 3.10. The molecule has 0 aromatic heterocycles. The minimum absolute atomic E-state index is 0.140. The number of para-hydroxylation sites is 1. The lowest BCUT2D eigenvalue weighted by Crippen LogP contribution is -2.50. The molecule has 0 spiro atoms.